The summed E-state index contributed by atoms with van der Waals surface area (Å²) < 4.78 is 5.73. The molecule has 1 aliphatic rings. The highest BCUT2D eigenvalue weighted by molar-refractivity contribution is 5.94. The lowest BCUT2D eigenvalue weighted by molar-refractivity contribution is 0.0638. The van der Waals surface area contributed by atoms with Crippen LogP contribution in [0.4, 0.5) is 0 Å². The summed E-state index contributed by atoms with van der Waals surface area (Å²) in [6, 6.07) is 11.7. The van der Waals surface area contributed by atoms with Crippen LogP contribution < -0.4 is 4.74 Å². The summed E-state index contributed by atoms with van der Waals surface area (Å²) in [5, 5.41) is 0. The van der Waals surface area contributed by atoms with Crippen molar-refractivity contribution in [3.05, 3.63) is 59.9 Å². The Balaban J connectivity index is 0.00000300. The Morgan fingerprint density at radius 3 is 2.34 bits per heavy atom. The third-order valence-electron chi connectivity index (χ3n) is 5.24. The second-order valence-electron chi connectivity index (χ2n) is 7.32. The van der Waals surface area contributed by atoms with Crippen molar-refractivity contribution in [2.75, 3.05) is 39.3 Å². The molecule has 0 unspecified atom stereocenters. The number of carbonyl (C=O) groups excluding carboxylic acids is 1. The van der Waals surface area contributed by atoms with Gasteiger partial charge in [0.2, 0.25) is 0 Å². The molecule has 5 nitrogen and oxygen atoms in total. The number of carbonyl (C=O) groups is 1. The van der Waals surface area contributed by atoms with E-state index < -0.39 is 0 Å². The van der Waals surface area contributed by atoms with Gasteiger partial charge < -0.3 is 9.64 Å². The van der Waals surface area contributed by atoms with E-state index in [2.05, 4.69) is 28.9 Å². The zero-order valence-electron chi connectivity index (χ0n) is 17.3. The van der Waals surface area contributed by atoms with E-state index in [-0.39, 0.29) is 18.3 Å². The number of pyridine rings is 1. The van der Waals surface area contributed by atoms with Crippen molar-refractivity contribution in [2.45, 2.75) is 32.6 Å². The van der Waals surface area contributed by atoms with Gasteiger partial charge in [-0.3, -0.25) is 14.7 Å². The van der Waals surface area contributed by atoms with E-state index in [9.17, 15) is 4.79 Å². The molecule has 158 valence electrons. The van der Waals surface area contributed by atoms with Crippen molar-refractivity contribution >= 4 is 18.3 Å². The van der Waals surface area contributed by atoms with E-state index >= 15 is 0 Å². The first-order valence-electron chi connectivity index (χ1n) is 10.4. The van der Waals surface area contributed by atoms with Gasteiger partial charge in [0.1, 0.15) is 5.75 Å². The smallest absolute Gasteiger partial charge is 0.253 e. The Morgan fingerprint density at radius 2 is 1.69 bits per heavy atom. The van der Waals surface area contributed by atoms with Crippen LogP contribution in [0, 0.1) is 0 Å². The Bertz CT molecular complexity index is 717. The molecule has 3 rings (SSSR count). The van der Waals surface area contributed by atoms with Gasteiger partial charge in [-0.1, -0.05) is 19.8 Å². The monoisotopic (exact) mass is 417 g/mol. The summed E-state index contributed by atoms with van der Waals surface area (Å²) >= 11 is 0. The fourth-order valence-electron chi connectivity index (χ4n) is 3.43. The van der Waals surface area contributed by atoms with E-state index in [1.165, 1.54) is 18.4 Å². The van der Waals surface area contributed by atoms with Crippen LogP contribution in [0.5, 0.6) is 5.75 Å². The number of unbranched alkanes of at least 4 members (excludes halogenated alkanes) is 2. The molecule has 0 saturated carbocycles. The Kier molecular flexibility index (Phi) is 9.95. The Hall–Kier alpha value is -2.11. The first kappa shape index (κ1) is 23.2. The minimum atomic E-state index is 0. The average molecular weight is 418 g/mol. The zero-order chi connectivity index (χ0) is 19.6. The average Bonchev–Trinajstić information content (AvgIpc) is 2.76. The van der Waals surface area contributed by atoms with Crippen molar-refractivity contribution in [3.63, 3.8) is 0 Å². The molecule has 29 heavy (non-hydrogen) atoms. The fraction of sp³-hybridized carbons (Fsp3) is 0.478. The molecule has 1 fully saturated rings. The van der Waals surface area contributed by atoms with Crippen molar-refractivity contribution in [1.82, 2.24) is 14.8 Å². The van der Waals surface area contributed by atoms with Gasteiger partial charge in [0.15, 0.2) is 0 Å². The number of nitrogens with zero attached hydrogens (tertiary/aromatic N) is 3. The molecular formula is C23H32ClN3O2. The summed E-state index contributed by atoms with van der Waals surface area (Å²) in [5.41, 5.74) is 2.05. The van der Waals surface area contributed by atoms with E-state index in [1.807, 2.05) is 41.6 Å². The topological polar surface area (TPSA) is 45.7 Å². The second kappa shape index (κ2) is 12.5. The van der Waals surface area contributed by atoms with Gasteiger partial charge in [0.25, 0.3) is 5.91 Å². The van der Waals surface area contributed by atoms with Gasteiger partial charge in [0.05, 0.1) is 6.61 Å². The molecule has 0 bridgehead atoms. The van der Waals surface area contributed by atoms with Gasteiger partial charge >= 0.3 is 0 Å². The van der Waals surface area contributed by atoms with Crippen molar-refractivity contribution in [3.8, 4) is 5.75 Å². The predicted octanol–water partition coefficient (Wildman–Crippen LogP) is 4.07. The first-order valence-corrected chi connectivity index (χ1v) is 10.4. The number of ether oxygens (including phenoxy) is 1. The van der Waals surface area contributed by atoms with Crippen molar-refractivity contribution in [2.24, 2.45) is 0 Å². The largest absolute Gasteiger partial charge is 0.494 e. The van der Waals surface area contributed by atoms with Crippen LogP contribution in [0.3, 0.4) is 0 Å². The number of piperazine rings is 1. The standard InChI is InChI=1S/C23H31N3O2.ClH/c1-2-3-4-19-28-22-7-5-21(6-8-22)23(27)26-17-15-25(16-18-26)14-11-20-9-12-24-13-10-20;/h5-10,12-13H,2-4,11,14-19H2,1H3;1H. The van der Waals surface area contributed by atoms with Crippen LogP contribution >= 0.6 is 12.4 Å². The second-order valence-corrected chi connectivity index (χ2v) is 7.32. The van der Waals surface area contributed by atoms with Crippen molar-refractivity contribution < 1.29 is 9.53 Å². The highest BCUT2D eigenvalue weighted by Gasteiger charge is 2.21. The Labute approximate surface area is 180 Å². The molecule has 0 spiro atoms. The fourth-order valence-corrected chi connectivity index (χ4v) is 3.43. The molecule has 0 aliphatic carbocycles. The normalized spacial score (nSPS) is 14.3. The SMILES string of the molecule is CCCCCOc1ccc(C(=O)N2CCN(CCc3ccncc3)CC2)cc1.Cl. The summed E-state index contributed by atoms with van der Waals surface area (Å²) in [4.78, 5) is 21.2. The van der Waals surface area contributed by atoms with Gasteiger partial charge in [-0.05, 0) is 54.8 Å². The number of benzene rings is 1. The van der Waals surface area contributed by atoms with Crippen LogP contribution in [0.1, 0.15) is 42.1 Å². The van der Waals surface area contributed by atoms with E-state index in [4.69, 9.17) is 4.74 Å². The maximum absolute atomic E-state index is 12.8. The van der Waals surface area contributed by atoms with Crippen LogP contribution in [0.25, 0.3) is 0 Å². The number of hydrogen-bond donors (Lipinski definition) is 0. The quantitative estimate of drug-likeness (QED) is 0.577. The summed E-state index contributed by atoms with van der Waals surface area (Å²) in [5.74, 6) is 0.958. The van der Waals surface area contributed by atoms with Gasteiger partial charge in [-0.25, -0.2) is 0 Å². The molecule has 6 heteroatoms. The summed E-state index contributed by atoms with van der Waals surface area (Å²) in [6.45, 7) is 7.36. The molecule has 0 radical (unpaired) electrons. The maximum atomic E-state index is 12.8. The molecule has 2 heterocycles. The zero-order valence-corrected chi connectivity index (χ0v) is 18.1. The molecule has 1 aromatic heterocycles. The van der Waals surface area contributed by atoms with Crippen molar-refractivity contribution in [1.29, 1.82) is 0 Å². The first-order chi connectivity index (χ1) is 13.8. The molecule has 1 aliphatic heterocycles. The predicted molar refractivity (Wildman–Crippen MR) is 119 cm³/mol. The highest BCUT2D eigenvalue weighted by atomic mass is 35.5. The number of rotatable bonds is 9. The van der Waals surface area contributed by atoms with Crippen LogP contribution in [0.2, 0.25) is 0 Å². The van der Waals surface area contributed by atoms with Gasteiger partial charge in [-0.15, -0.1) is 12.4 Å². The minimum absolute atomic E-state index is 0. The summed E-state index contributed by atoms with van der Waals surface area (Å²) in [7, 11) is 0. The summed E-state index contributed by atoms with van der Waals surface area (Å²) in [6.07, 6.45) is 8.15. The molecule has 1 aromatic carbocycles. The third-order valence-corrected chi connectivity index (χ3v) is 5.24. The van der Waals surface area contributed by atoms with Gasteiger partial charge in [0, 0.05) is 50.7 Å². The third kappa shape index (κ3) is 7.33. The highest BCUT2D eigenvalue weighted by Crippen LogP contribution is 2.15. The molecule has 2 aromatic rings. The van der Waals surface area contributed by atoms with E-state index in [0.717, 1.165) is 63.5 Å². The minimum Gasteiger partial charge on any atom is -0.494 e. The molecule has 1 saturated heterocycles. The lowest BCUT2D eigenvalue weighted by atomic mass is 10.1. The lowest BCUT2D eigenvalue weighted by Gasteiger charge is -2.34. The molecule has 0 N–H and O–H groups in total. The number of aromatic nitrogens is 1. The van der Waals surface area contributed by atoms with Gasteiger partial charge in [-0.2, -0.15) is 0 Å². The molecular weight excluding hydrogens is 386 g/mol. The van der Waals surface area contributed by atoms with Crippen LogP contribution in [-0.4, -0.2) is 60.0 Å². The number of hydrogen-bond acceptors (Lipinski definition) is 4. The molecule has 1 amide bonds. The van der Waals surface area contributed by atoms with Crippen LogP contribution in [-0.2, 0) is 6.42 Å². The Morgan fingerprint density at radius 1 is 1.00 bits per heavy atom. The van der Waals surface area contributed by atoms with Crippen LogP contribution in [0.15, 0.2) is 48.8 Å². The lowest BCUT2D eigenvalue weighted by Crippen LogP contribution is -2.49. The number of amides is 1. The molecule has 0 atom stereocenters. The number of halogens is 1. The van der Waals surface area contributed by atoms with E-state index in [1.54, 1.807) is 0 Å². The maximum Gasteiger partial charge on any atom is 0.253 e. The van der Waals surface area contributed by atoms with E-state index in [0.29, 0.717) is 0 Å².